The van der Waals surface area contributed by atoms with E-state index in [9.17, 15) is 34.2 Å². The molecule has 8 heteroatoms. The van der Waals surface area contributed by atoms with Crippen LogP contribution in [0.5, 0.6) is 0 Å². The molecule has 0 saturated heterocycles. The van der Waals surface area contributed by atoms with Crippen molar-refractivity contribution in [2.24, 2.45) is 0 Å². The van der Waals surface area contributed by atoms with E-state index < -0.39 is 35.0 Å². The average Bonchev–Trinajstić information content (AvgIpc) is 2.65. The smallest absolute Gasteiger partial charge is 0.338 e. The van der Waals surface area contributed by atoms with Crippen molar-refractivity contribution in [3.8, 4) is 0 Å². The molecule has 0 atom stereocenters. The Hall–Kier alpha value is -3.81. The first-order valence-corrected chi connectivity index (χ1v) is 7.56. The van der Waals surface area contributed by atoms with Gasteiger partial charge in [0.15, 0.2) is 11.6 Å². The monoisotopic (exact) mass is 370 g/mol. The Morgan fingerprint density at radius 1 is 0.741 bits per heavy atom. The zero-order valence-corrected chi connectivity index (χ0v) is 14.3. The number of carboxylic acids is 2. The van der Waals surface area contributed by atoms with Crippen molar-refractivity contribution in [3.05, 3.63) is 69.8 Å². The van der Waals surface area contributed by atoms with E-state index in [1.165, 1.54) is 25.1 Å². The van der Waals surface area contributed by atoms with E-state index in [4.69, 9.17) is 0 Å². The summed E-state index contributed by atoms with van der Waals surface area (Å²) in [5.41, 5.74) is -1.14. The van der Waals surface area contributed by atoms with Gasteiger partial charge in [0.05, 0.1) is 23.8 Å². The summed E-state index contributed by atoms with van der Waals surface area (Å²) in [7, 11) is 1.09. The number of hydrogen-bond donors (Lipinski definition) is 2. The highest BCUT2D eigenvalue weighted by Crippen LogP contribution is 2.20. The average molecular weight is 370 g/mol. The third-order valence-electron chi connectivity index (χ3n) is 3.81. The highest BCUT2D eigenvalue weighted by Gasteiger charge is 2.22. The van der Waals surface area contributed by atoms with E-state index in [-0.39, 0.29) is 27.8 Å². The summed E-state index contributed by atoms with van der Waals surface area (Å²) >= 11 is 0. The van der Waals surface area contributed by atoms with Crippen molar-refractivity contribution >= 4 is 29.5 Å². The predicted octanol–water partition coefficient (Wildman–Crippen LogP) is 2.30. The zero-order valence-electron chi connectivity index (χ0n) is 14.3. The fourth-order valence-electron chi connectivity index (χ4n) is 2.49. The maximum absolute atomic E-state index is 12.6. The molecule has 0 aliphatic carbocycles. The Bertz CT molecular complexity index is 987. The molecule has 2 aromatic carbocycles. The number of esters is 1. The third-order valence-corrected chi connectivity index (χ3v) is 3.81. The molecule has 0 unspecified atom stereocenters. The number of aromatic carboxylic acids is 2. The number of carbonyl (C=O) groups excluding carboxylic acids is 3. The van der Waals surface area contributed by atoms with Gasteiger partial charge in [0.25, 0.3) is 0 Å². The third kappa shape index (κ3) is 3.90. The normalized spacial score (nSPS) is 10.1. The molecule has 138 valence electrons. The molecule has 0 spiro atoms. The van der Waals surface area contributed by atoms with Crippen LogP contribution in [0.4, 0.5) is 0 Å². The van der Waals surface area contributed by atoms with E-state index in [2.05, 4.69) is 4.74 Å². The van der Waals surface area contributed by atoms with Gasteiger partial charge in [0.1, 0.15) is 0 Å². The molecule has 0 aromatic heterocycles. The maximum Gasteiger partial charge on any atom is 0.338 e. The van der Waals surface area contributed by atoms with Gasteiger partial charge in [-0.15, -0.1) is 0 Å². The Morgan fingerprint density at radius 2 is 1.19 bits per heavy atom. The molecule has 0 radical (unpaired) electrons. The quantitative estimate of drug-likeness (QED) is 0.584. The van der Waals surface area contributed by atoms with E-state index >= 15 is 0 Å². The van der Waals surface area contributed by atoms with Crippen molar-refractivity contribution in [1.29, 1.82) is 0 Å². The van der Waals surface area contributed by atoms with Gasteiger partial charge in [0, 0.05) is 16.7 Å². The molecule has 2 rings (SSSR count). The van der Waals surface area contributed by atoms with Crippen LogP contribution in [0.3, 0.4) is 0 Å². The highest BCUT2D eigenvalue weighted by molar-refractivity contribution is 6.13. The molecule has 0 aliphatic heterocycles. The molecule has 0 amide bonds. The Kier molecular flexibility index (Phi) is 5.50. The van der Waals surface area contributed by atoms with Crippen LogP contribution in [-0.2, 0) is 4.74 Å². The number of rotatable bonds is 6. The van der Waals surface area contributed by atoms with E-state index in [0.29, 0.717) is 0 Å². The molecular weight excluding hydrogens is 356 g/mol. The van der Waals surface area contributed by atoms with Crippen LogP contribution in [-0.4, -0.2) is 46.8 Å². The van der Waals surface area contributed by atoms with Crippen molar-refractivity contribution in [2.45, 2.75) is 6.92 Å². The van der Waals surface area contributed by atoms with Crippen molar-refractivity contribution in [2.75, 3.05) is 7.11 Å². The number of ether oxygens (including phenoxy) is 1. The molecular formula is C19H14O8. The summed E-state index contributed by atoms with van der Waals surface area (Å²) in [4.78, 5) is 58.5. The fraction of sp³-hybridized carbons (Fsp3) is 0.105. The molecule has 8 nitrogen and oxygen atoms in total. The van der Waals surface area contributed by atoms with Crippen LogP contribution in [0, 0.1) is 0 Å². The molecule has 0 heterocycles. The van der Waals surface area contributed by atoms with E-state index in [1.54, 1.807) is 0 Å². The lowest BCUT2D eigenvalue weighted by molar-refractivity contribution is 0.0582. The van der Waals surface area contributed by atoms with E-state index in [1.807, 2.05) is 0 Å². The maximum atomic E-state index is 12.6. The van der Waals surface area contributed by atoms with Crippen molar-refractivity contribution in [1.82, 2.24) is 0 Å². The zero-order chi connectivity index (χ0) is 20.3. The molecule has 0 fully saturated rings. The summed E-state index contributed by atoms with van der Waals surface area (Å²) in [6, 6.07) is 6.94. The van der Waals surface area contributed by atoms with Gasteiger partial charge in [-0.3, -0.25) is 9.59 Å². The minimum Gasteiger partial charge on any atom is -0.478 e. The Balaban J connectivity index is 2.55. The van der Waals surface area contributed by atoms with Crippen LogP contribution in [0.2, 0.25) is 0 Å². The second-order valence-corrected chi connectivity index (χ2v) is 5.51. The van der Waals surface area contributed by atoms with Gasteiger partial charge >= 0.3 is 17.9 Å². The van der Waals surface area contributed by atoms with Gasteiger partial charge in [-0.2, -0.15) is 0 Å². The van der Waals surface area contributed by atoms with Gasteiger partial charge in [0.2, 0.25) is 0 Å². The lowest BCUT2D eigenvalue weighted by Crippen LogP contribution is -2.13. The molecule has 0 bridgehead atoms. The minimum absolute atomic E-state index is 0.0421. The Labute approximate surface area is 153 Å². The van der Waals surface area contributed by atoms with Crippen LogP contribution in [0.15, 0.2) is 36.4 Å². The second kappa shape index (κ2) is 7.61. The van der Waals surface area contributed by atoms with Crippen molar-refractivity contribution < 1.29 is 38.9 Å². The summed E-state index contributed by atoms with van der Waals surface area (Å²) in [5, 5.41) is 18.5. The molecule has 0 aliphatic rings. The number of ketones is 2. The number of carboxylic acid groups (broad SMARTS) is 2. The lowest BCUT2D eigenvalue weighted by Gasteiger charge is -2.09. The summed E-state index contributed by atoms with van der Waals surface area (Å²) in [6.45, 7) is 1.20. The second-order valence-electron chi connectivity index (χ2n) is 5.51. The number of hydrogen-bond acceptors (Lipinski definition) is 6. The fourth-order valence-corrected chi connectivity index (χ4v) is 2.49. The first-order chi connectivity index (χ1) is 12.7. The molecule has 0 saturated carbocycles. The number of Topliss-reactive ketones (excluding diaryl/α,β-unsaturated/α-hetero) is 1. The van der Waals surface area contributed by atoms with Crippen molar-refractivity contribution in [3.63, 3.8) is 0 Å². The van der Waals surface area contributed by atoms with Gasteiger partial charge in [-0.05, 0) is 31.2 Å². The number of benzene rings is 2. The predicted molar refractivity (Wildman–Crippen MR) is 91.6 cm³/mol. The van der Waals surface area contributed by atoms with Gasteiger partial charge < -0.3 is 14.9 Å². The Morgan fingerprint density at radius 3 is 1.59 bits per heavy atom. The van der Waals surface area contributed by atoms with Gasteiger partial charge in [-0.1, -0.05) is 12.1 Å². The summed E-state index contributed by atoms with van der Waals surface area (Å²) in [6.07, 6.45) is 0. The van der Waals surface area contributed by atoms with Gasteiger partial charge in [-0.25, -0.2) is 14.4 Å². The largest absolute Gasteiger partial charge is 0.478 e. The SMILES string of the molecule is COC(=O)c1ccc(C(=O)c2ccc(C(C)=O)c(C(=O)O)c2)cc1C(=O)O. The molecule has 27 heavy (non-hydrogen) atoms. The van der Waals surface area contributed by atoms with Crippen LogP contribution in [0.1, 0.15) is 64.3 Å². The molecule has 2 N–H and O–H groups in total. The van der Waals surface area contributed by atoms with Crippen LogP contribution >= 0.6 is 0 Å². The molecule has 2 aromatic rings. The van der Waals surface area contributed by atoms with Crippen LogP contribution < -0.4 is 0 Å². The summed E-state index contributed by atoms with van der Waals surface area (Å²) < 4.78 is 4.51. The van der Waals surface area contributed by atoms with E-state index in [0.717, 1.165) is 25.3 Å². The topological polar surface area (TPSA) is 135 Å². The standard InChI is InChI=1S/C19H14O8/c1-9(20)12-5-3-10(7-14(12)17(22)23)16(21)11-4-6-13(19(26)27-2)15(8-11)18(24)25/h3-8H,1-2H3,(H,22,23)(H,24,25). The number of methoxy groups -OCH3 is 1. The lowest BCUT2D eigenvalue weighted by atomic mass is 9.94. The minimum atomic E-state index is -1.43. The number of carbonyl (C=O) groups is 5. The first-order valence-electron chi connectivity index (χ1n) is 7.56. The first kappa shape index (κ1) is 19.5. The summed E-state index contributed by atoms with van der Waals surface area (Å²) in [5.74, 6) is -4.80. The van der Waals surface area contributed by atoms with Crippen LogP contribution in [0.25, 0.3) is 0 Å². The highest BCUT2D eigenvalue weighted by atomic mass is 16.5.